The molecule has 0 saturated carbocycles. The Morgan fingerprint density at radius 2 is 2.06 bits per heavy atom. The summed E-state index contributed by atoms with van der Waals surface area (Å²) in [5.41, 5.74) is 4.77. The van der Waals surface area contributed by atoms with Gasteiger partial charge in [-0.15, -0.1) is 11.3 Å². The molecule has 0 bridgehead atoms. The van der Waals surface area contributed by atoms with Crippen molar-refractivity contribution in [3.63, 3.8) is 0 Å². The van der Waals surface area contributed by atoms with Crippen molar-refractivity contribution in [1.82, 2.24) is 9.88 Å². The maximum absolute atomic E-state index is 12.4. The molecule has 2 heterocycles. The molecule has 9 nitrogen and oxygen atoms in total. The monoisotopic (exact) mass is 465 g/mol. The van der Waals surface area contributed by atoms with Gasteiger partial charge >= 0.3 is 5.97 Å². The van der Waals surface area contributed by atoms with Gasteiger partial charge in [-0.2, -0.15) is 5.10 Å². The molecule has 0 amide bonds. The van der Waals surface area contributed by atoms with Crippen molar-refractivity contribution < 1.29 is 17.9 Å². The Bertz CT molecular complexity index is 1040. The summed E-state index contributed by atoms with van der Waals surface area (Å²) in [6, 6.07) is 5.40. The first-order valence-corrected chi connectivity index (χ1v) is 12.7. The lowest BCUT2D eigenvalue weighted by molar-refractivity contribution is -0.142. The molecular formula is C20H27N5O4S2. The fourth-order valence-corrected chi connectivity index (χ4v) is 4.71. The van der Waals surface area contributed by atoms with Gasteiger partial charge in [0.25, 0.3) is 0 Å². The zero-order chi connectivity index (χ0) is 22.4. The molecule has 31 heavy (non-hydrogen) atoms. The van der Waals surface area contributed by atoms with Gasteiger partial charge in [0.15, 0.2) is 9.84 Å². The summed E-state index contributed by atoms with van der Waals surface area (Å²) in [6.07, 6.45) is 2.77. The quantitative estimate of drug-likeness (QED) is 0.358. The summed E-state index contributed by atoms with van der Waals surface area (Å²) in [4.78, 5) is 20.5. The van der Waals surface area contributed by atoms with Crippen molar-refractivity contribution >= 4 is 44.2 Å². The van der Waals surface area contributed by atoms with Crippen molar-refractivity contribution in [3.8, 4) is 0 Å². The van der Waals surface area contributed by atoms with Gasteiger partial charge in [0.2, 0.25) is 5.13 Å². The molecule has 1 aliphatic heterocycles. The highest BCUT2D eigenvalue weighted by Gasteiger charge is 2.18. The van der Waals surface area contributed by atoms with Gasteiger partial charge in [-0.1, -0.05) is 0 Å². The van der Waals surface area contributed by atoms with Gasteiger partial charge in [0.1, 0.15) is 0 Å². The summed E-state index contributed by atoms with van der Waals surface area (Å²) in [7, 11) is -1.36. The number of thiazole rings is 1. The zero-order valence-corrected chi connectivity index (χ0v) is 19.5. The Morgan fingerprint density at radius 3 is 2.74 bits per heavy atom. The summed E-state index contributed by atoms with van der Waals surface area (Å²) in [6.45, 7) is 5.66. The van der Waals surface area contributed by atoms with Crippen LogP contribution in [-0.4, -0.2) is 76.6 Å². The Balaban J connectivity index is 1.71. The number of piperazine rings is 1. The van der Waals surface area contributed by atoms with E-state index in [0.29, 0.717) is 23.0 Å². The van der Waals surface area contributed by atoms with Crippen molar-refractivity contribution in [2.24, 2.45) is 5.10 Å². The molecule has 1 fully saturated rings. The molecule has 0 atom stereocenters. The highest BCUT2D eigenvalue weighted by Crippen LogP contribution is 2.24. The Labute approximate surface area is 186 Å². The molecule has 1 aromatic carbocycles. The number of likely N-dealkylation sites (N-methyl/N-ethyl adjacent to an activating group) is 1. The minimum Gasteiger partial charge on any atom is -0.466 e. The molecule has 0 aliphatic carbocycles. The van der Waals surface area contributed by atoms with Gasteiger partial charge in [-0.25, -0.2) is 13.4 Å². The van der Waals surface area contributed by atoms with Crippen LogP contribution >= 0.6 is 11.3 Å². The van der Waals surface area contributed by atoms with Crippen LogP contribution in [0.2, 0.25) is 0 Å². The van der Waals surface area contributed by atoms with Gasteiger partial charge in [0.05, 0.1) is 29.8 Å². The molecule has 11 heteroatoms. The number of esters is 1. The average molecular weight is 466 g/mol. The third kappa shape index (κ3) is 6.49. The number of hydrazone groups is 1. The van der Waals surface area contributed by atoms with Crippen LogP contribution in [-0.2, 0) is 25.8 Å². The zero-order valence-electron chi connectivity index (χ0n) is 17.9. The molecule has 1 N–H and O–H groups in total. The van der Waals surface area contributed by atoms with E-state index in [1.165, 1.54) is 23.8 Å². The van der Waals surface area contributed by atoms with E-state index in [1.54, 1.807) is 24.4 Å². The van der Waals surface area contributed by atoms with Crippen LogP contribution in [0.1, 0.15) is 18.2 Å². The molecule has 3 rings (SSSR count). The lowest BCUT2D eigenvalue weighted by atomic mass is 10.2. The van der Waals surface area contributed by atoms with E-state index in [1.807, 2.05) is 6.07 Å². The fourth-order valence-electron chi connectivity index (χ4n) is 3.17. The van der Waals surface area contributed by atoms with Crippen molar-refractivity contribution in [2.75, 3.05) is 56.4 Å². The third-order valence-corrected chi connectivity index (χ3v) is 6.76. The lowest BCUT2D eigenvalue weighted by Crippen LogP contribution is -2.44. The fraction of sp³-hybridized carbons (Fsp3) is 0.450. The number of carbonyl (C=O) groups excluding carboxylic acids is 1. The highest BCUT2D eigenvalue weighted by molar-refractivity contribution is 7.90. The second-order valence-electron chi connectivity index (χ2n) is 7.28. The van der Waals surface area contributed by atoms with Crippen LogP contribution in [0.3, 0.4) is 0 Å². The number of anilines is 2. The second kappa shape index (κ2) is 10.2. The van der Waals surface area contributed by atoms with Crippen LogP contribution in [0.5, 0.6) is 0 Å². The molecule has 1 aromatic heterocycles. The summed E-state index contributed by atoms with van der Waals surface area (Å²) < 4.78 is 29.7. The number of aromatic nitrogens is 1. The van der Waals surface area contributed by atoms with Gasteiger partial charge < -0.3 is 14.5 Å². The van der Waals surface area contributed by atoms with Gasteiger partial charge in [-0.05, 0) is 32.2 Å². The lowest BCUT2D eigenvalue weighted by Gasteiger charge is -2.34. The van der Waals surface area contributed by atoms with Crippen LogP contribution in [0.25, 0.3) is 0 Å². The normalized spacial score (nSPS) is 15.4. The summed E-state index contributed by atoms with van der Waals surface area (Å²) in [5.74, 6) is -0.332. The number of sulfone groups is 1. The first-order valence-electron chi connectivity index (χ1n) is 9.93. The van der Waals surface area contributed by atoms with Crippen molar-refractivity contribution in [3.05, 3.63) is 34.8 Å². The van der Waals surface area contributed by atoms with E-state index >= 15 is 0 Å². The molecule has 168 valence electrons. The first-order chi connectivity index (χ1) is 14.8. The SMILES string of the molecule is CCOC(=O)Cc1csc(NN=Cc2ccc(N3CCN(C)CC3)cc2S(C)(=O)=O)n1. The predicted molar refractivity (Wildman–Crippen MR) is 123 cm³/mol. The molecule has 2 aromatic rings. The molecule has 0 unspecified atom stereocenters. The smallest absolute Gasteiger partial charge is 0.311 e. The maximum atomic E-state index is 12.4. The Morgan fingerprint density at radius 1 is 1.32 bits per heavy atom. The molecule has 0 radical (unpaired) electrons. The van der Waals surface area contributed by atoms with E-state index in [2.05, 4.69) is 32.4 Å². The van der Waals surface area contributed by atoms with Gasteiger partial charge in [-0.3, -0.25) is 10.2 Å². The molecule has 0 spiro atoms. The van der Waals surface area contributed by atoms with E-state index in [0.717, 1.165) is 31.9 Å². The number of carbonyl (C=O) groups is 1. The minimum absolute atomic E-state index is 0.0989. The highest BCUT2D eigenvalue weighted by atomic mass is 32.2. The average Bonchev–Trinajstić information content (AvgIpc) is 3.15. The van der Waals surface area contributed by atoms with E-state index in [9.17, 15) is 13.2 Å². The number of rotatable bonds is 8. The van der Waals surface area contributed by atoms with Crippen LogP contribution in [0.4, 0.5) is 10.8 Å². The second-order valence-corrected chi connectivity index (χ2v) is 10.1. The molecular weight excluding hydrogens is 438 g/mol. The molecule has 1 saturated heterocycles. The number of benzene rings is 1. The van der Waals surface area contributed by atoms with Crippen molar-refractivity contribution in [1.29, 1.82) is 0 Å². The Hall–Kier alpha value is -2.50. The van der Waals surface area contributed by atoms with Crippen LogP contribution < -0.4 is 10.3 Å². The van der Waals surface area contributed by atoms with E-state index < -0.39 is 9.84 Å². The van der Waals surface area contributed by atoms with E-state index in [4.69, 9.17) is 4.74 Å². The number of hydrogen-bond acceptors (Lipinski definition) is 10. The maximum Gasteiger partial charge on any atom is 0.311 e. The van der Waals surface area contributed by atoms with Gasteiger partial charge in [0, 0.05) is 49.1 Å². The topological polar surface area (TPSA) is 104 Å². The number of ether oxygens (including phenoxy) is 1. The number of hydrogen-bond donors (Lipinski definition) is 1. The number of nitrogens with zero attached hydrogens (tertiary/aromatic N) is 4. The Kier molecular flexibility index (Phi) is 7.63. The minimum atomic E-state index is -3.44. The predicted octanol–water partition coefficient (Wildman–Crippen LogP) is 1.85. The van der Waals surface area contributed by atoms with E-state index in [-0.39, 0.29) is 17.3 Å². The third-order valence-electron chi connectivity index (χ3n) is 4.81. The van der Waals surface area contributed by atoms with Crippen molar-refractivity contribution in [2.45, 2.75) is 18.2 Å². The summed E-state index contributed by atoms with van der Waals surface area (Å²) >= 11 is 1.30. The standard InChI is InChI=1S/C20H27N5O4S2/c1-4-29-19(26)11-16-14-30-20(22-16)23-21-13-15-5-6-17(12-18(15)31(3,27)28)25-9-7-24(2)8-10-25/h5-6,12-14H,4,7-11H2,1-3H3,(H,22,23). The number of nitrogens with one attached hydrogen (secondary N) is 1. The summed E-state index contributed by atoms with van der Waals surface area (Å²) in [5, 5.41) is 6.40. The largest absolute Gasteiger partial charge is 0.466 e. The first kappa shape index (κ1) is 23.2. The molecule has 1 aliphatic rings. The van der Waals surface area contributed by atoms with Crippen LogP contribution in [0, 0.1) is 0 Å². The van der Waals surface area contributed by atoms with Crippen LogP contribution in [0.15, 0.2) is 33.6 Å².